The zero-order valence-corrected chi connectivity index (χ0v) is 34.0. The van der Waals surface area contributed by atoms with Gasteiger partial charge in [-0.15, -0.1) is 22.7 Å². The van der Waals surface area contributed by atoms with Crippen molar-refractivity contribution in [2.45, 2.75) is 41.3 Å². The lowest BCUT2D eigenvalue weighted by molar-refractivity contribution is 0.0662. The standard InChI is InChI=1S/C33H24Cl4N4O10S4/c34-16-2-4-24(20(36)8-16)40-30-18(12-50-26-10-28(52-32(26)30)54(42,43)44)22(38-40)14-48-6-1-7-49-15-23-19-13-51-27-11-29(55(45,46)47)53-33(27)31(19)41(39-23)25-5-3-17(35)9-21(25)37/h2-5,8-11H,1,6-7,12-15H2,(H,42,43,44)(H,45,46,47). The number of fused-ring (bicyclic) bond motifs is 6. The Bertz CT molecular complexity index is 2540. The Morgan fingerprint density at radius 1 is 0.673 bits per heavy atom. The first kappa shape index (κ1) is 38.6. The Labute approximate surface area is 341 Å². The van der Waals surface area contributed by atoms with Crippen molar-refractivity contribution in [3.63, 3.8) is 0 Å². The number of hydrogen-bond acceptors (Lipinski definition) is 12. The molecule has 55 heavy (non-hydrogen) atoms. The molecule has 0 bridgehead atoms. The molecule has 0 saturated heterocycles. The van der Waals surface area contributed by atoms with Gasteiger partial charge in [0.2, 0.25) is 0 Å². The summed E-state index contributed by atoms with van der Waals surface area (Å²) in [7, 11) is -8.97. The molecule has 6 heterocycles. The minimum absolute atomic E-state index is 0.0724. The third-order valence-corrected chi connectivity index (χ3v) is 14.4. The van der Waals surface area contributed by atoms with Crippen LogP contribution in [0.2, 0.25) is 20.1 Å². The van der Waals surface area contributed by atoms with E-state index in [0.717, 1.165) is 22.7 Å². The maximum Gasteiger partial charge on any atom is 0.304 e. The first-order chi connectivity index (χ1) is 26.2. The van der Waals surface area contributed by atoms with Crippen molar-refractivity contribution in [1.29, 1.82) is 0 Å². The Hall–Kier alpha value is -3.24. The topological polar surface area (TPSA) is 181 Å². The molecule has 2 aliphatic heterocycles. The number of halogens is 4. The lowest BCUT2D eigenvalue weighted by atomic mass is 10.1. The van der Waals surface area contributed by atoms with Gasteiger partial charge in [-0.3, -0.25) is 9.11 Å². The monoisotopic (exact) mass is 904 g/mol. The van der Waals surface area contributed by atoms with Crippen molar-refractivity contribution in [2.24, 2.45) is 0 Å². The van der Waals surface area contributed by atoms with Gasteiger partial charge in [0.05, 0.1) is 67.2 Å². The highest BCUT2D eigenvalue weighted by molar-refractivity contribution is 7.88. The highest BCUT2D eigenvalue weighted by atomic mass is 35.5. The first-order valence-electron chi connectivity index (χ1n) is 15.9. The molecule has 2 N–H and O–H groups in total. The molecule has 0 aliphatic carbocycles. The molecular weight excluding hydrogens is 882 g/mol. The molecule has 2 aliphatic rings. The molecule has 2 aromatic carbocycles. The molecule has 4 aromatic heterocycles. The molecule has 0 radical (unpaired) electrons. The molecule has 22 heteroatoms. The lowest BCUT2D eigenvalue weighted by Crippen LogP contribution is -2.08. The zero-order chi connectivity index (χ0) is 38.8. The van der Waals surface area contributed by atoms with Crippen molar-refractivity contribution in [3.8, 4) is 44.0 Å². The number of hydrogen-bond donors (Lipinski definition) is 2. The summed E-state index contributed by atoms with van der Waals surface area (Å²) < 4.78 is 93.5. The Morgan fingerprint density at radius 3 is 1.47 bits per heavy atom. The minimum Gasteiger partial charge on any atom is -0.487 e. The fourth-order valence-corrected chi connectivity index (χ4v) is 10.7. The van der Waals surface area contributed by atoms with Crippen molar-refractivity contribution in [1.82, 2.24) is 19.6 Å². The smallest absolute Gasteiger partial charge is 0.304 e. The van der Waals surface area contributed by atoms with Crippen molar-refractivity contribution in [2.75, 3.05) is 13.2 Å². The third-order valence-electron chi connectivity index (χ3n) is 8.50. The molecule has 0 atom stereocenters. The van der Waals surface area contributed by atoms with Crippen LogP contribution in [0.1, 0.15) is 28.9 Å². The summed E-state index contributed by atoms with van der Waals surface area (Å²) in [6.45, 7) is 0.887. The van der Waals surface area contributed by atoms with Gasteiger partial charge in [-0.1, -0.05) is 46.4 Å². The molecule has 6 aromatic rings. The van der Waals surface area contributed by atoms with Crippen molar-refractivity contribution in [3.05, 3.63) is 91.1 Å². The van der Waals surface area contributed by atoms with Gasteiger partial charge in [-0.05, 0) is 42.8 Å². The summed E-state index contributed by atoms with van der Waals surface area (Å²) in [6, 6.07) is 12.4. The molecule has 0 spiro atoms. The zero-order valence-electron chi connectivity index (χ0n) is 27.7. The first-order valence-corrected chi connectivity index (χ1v) is 22.0. The predicted octanol–water partition coefficient (Wildman–Crippen LogP) is 8.53. The van der Waals surface area contributed by atoms with Gasteiger partial charge >= 0.3 is 20.2 Å². The van der Waals surface area contributed by atoms with Crippen LogP contribution in [0.25, 0.3) is 32.5 Å². The van der Waals surface area contributed by atoms with Gasteiger partial charge in [0.1, 0.15) is 24.7 Å². The van der Waals surface area contributed by atoms with Crippen LogP contribution in [0, 0.1) is 0 Å². The number of aromatic nitrogens is 4. The number of benzene rings is 2. The number of thiophene rings is 2. The van der Waals surface area contributed by atoms with Gasteiger partial charge in [0, 0.05) is 46.5 Å². The minimum atomic E-state index is -4.48. The van der Waals surface area contributed by atoms with E-state index in [2.05, 4.69) is 0 Å². The van der Waals surface area contributed by atoms with E-state index in [-0.39, 0.29) is 59.6 Å². The second kappa shape index (κ2) is 14.9. The number of rotatable bonds is 12. The second-order valence-corrected chi connectivity index (χ2v) is 19.2. The quantitative estimate of drug-likeness (QED) is 0.0884. The van der Waals surface area contributed by atoms with E-state index in [1.54, 1.807) is 45.8 Å². The van der Waals surface area contributed by atoms with Crippen LogP contribution in [0.15, 0.2) is 56.9 Å². The number of nitrogens with zero attached hydrogens (tertiary/aromatic N) is 4. The van der Waals surface area contributed by atoms with E-state index in [0.29, 0.717) is 81.5 Å². The SMILES string of the molecule is O=S(=O)(O)c1cc2c(s1)-c1c(c(COCCCOCc3nn(-c4ccc(Cl)cc4Cl)c4c3COc3cc(S(=O)(=O)O)sc3-4)nn1-c1ccc(Cl)cc1Cl)CO2. The van der Waals surface area contributed by atoms with E-state index in [1.165, 1.54) is 12.1 Å². The summed E-state index contributed by atoms with van der Waals surface area (Å²) in [5.74, 6) is 0.571. The second-order valence-electron chi connectivity index (χ2n) is 12.1. The van der Waals surface area contributed by atoms with E-state index >= 15 is 0 Å². The van der Waals surface area contributed by atoms with E-state index < -0.39 is 20.2 Å². The van der Waals surface area contributed by atoms with Gasteiger partial charge in [-0.2, -0.15) is 27.0 Å². The largest absolute Gasteiger partial charge is 0.487 e. The van der Waals surface area contributed by atoms with Crippen LogP contribution < -0.4 is 9.47 Å². The van der Waals surface area contributed by atoms with Crippen LogP contribution in [0.5, 0.6) is 11.5 Å². The van der Waals surface area contributed by atoms with Crippen molar-refractivity contribution < 1.29 is 44.9 Å². The molecule has 288 valence electrons. The normalized spacial score (nSPS) is 13.5. The van der Waals surface area contributed by atoms with Crippen LogP contribution in [-0.4, -0.2) is 58.7 Å². The summed E-state index contributed by atoms with van der Waals surface area (Å²) in [4.78, 5) is 0.907. The Morgan fingerprint density at radius 2 is 1.09 bits per heavy atom. The van der Waals surface area contributed by atoms with E-state index in [9.17, 15) is 25.9 Å². The maximum absolute atomic E-state index is 11.9. The summed E-state index contributed by atoms with van der Waals surface area (Å²) in [6.07, 6.45) is 0.490. The highest BCUT2D eigenvalue weighted by Gasteiger charge is 2.34. The Kier molecular flexibility index (Phi) is 10.5. The molecule has 0 fully saturated rings. The molecule has 0 amide bonds. The lowest BCUT2D eigenvalue weighted by Gasteiger charge is -2.17. The van der Waals surface area contributed by atoms with Gasteiger partial charge in [-0.25, -0.2) is 9.36 Å². The van der Waals surface area contributed by atoms with Crippen LogP contribution in [0.4, 0.5) is 0 Å². The van der Waals surface area contributed by atoms with Gasteiger partial charge in [0.15, 0.2) is 8.42 Å². The van der Waals surface area contributed by atoms with E-state index in [1.807, 2.05) is 0 Å². The van der Waals surface area contributed by atoms with Crippen LogP contribution in [0.3, 0.4) is 0 Å². The van der Waals surface area contributed by atoms with Gasteiger partial charge < -0.3 is 18.9 Å². The summed E-state index contributed by atoms with van der Waals surface area (Å²) >= 11 is 27.1. The van der Waals surface area contributed by atoms with E-state index in [4.69, 9.17) is 75.5 Å². The van der Waals surface area contributed by atoms with Crippen LogP contribution in [-0.2, 0) is 56.1 Å². The molecule has 0 saturated carbocycles. The predicted molar refractivity (Wildman–Crippen MR) is 206 cm³/mol. The maximum atomic E-state index is 11.9. The average molecular weight is 907 g/mol. The average Bonchev–Trinajstić information content (AvgIpc) is 3.90. The fraction of sp³-hybridized carbons (Fsp3) is 0.212. The van der Waals surface area contributed by atoms with Crippen molar-refractivity contribution >= 4 is 89.3 Å². The fourth-order valence-electron chi connectivity index (χ4n) is 6.05. The van der Waals surface area contributed by atoms with Crippen LogP contribution >= 0.6 is 69.1 Å². The summed E-state index contributed by atoms with van der Waals surface area (Å²) in [5.41, 5.74) is 4.53. The molecule has 14 nitrogen and oxygen atoms in total. The molecule has 8 rings (SSSR count). The summed E-state index contributed by atoms with van der Waals surface area (Å²) in [5, 5.41) is 11.0. The molecule has 0 unspecified atom stereocenters. The van der Waals surface area contributed by atoms with Gasteiger partial charge in [0.25, 0.3) is 0 Å². The Balaban J connectivity index is 0.975. The molecular formula is C33H24Cl4N4O10S4. The highest BCUT2D eigenvalue weighted by Crippen LogP contribution is 2.49. The number of ether oxygens (including phenoxy) is 4. The third kappa shape index (κ3) is 7.51.